The van der Waals surface area contributed by atoms with Gasteiger partial charge in [0.2, 0.25) is 10.0 Å². The number of fused-ring (bicyclic) bond motifs is 1. The number of nitrogens with two attached hydrogens (primary N) is 1. The fourth-order valence-electron chi connectivity index (χ4n) is 1.76. The number of nitrogen functional groups attached to an aromatic ring is 1. The number of aromatic nitrogens is 1. The number of pyridine rings is 1. The van der Waals surface area contributed by atoms with Crippen LogP contribution in [0.4, 0.5) is 5.69 Å². The SMILES string of the molecule is C=CCCNS(=O)(=O)c1ccc(N)c2cccnc12. The lowest BCUT2D eigenvalue weighted by Gasteiger charge is -2.09. The van der Waals surface area contributed by atoms with E-state index in [2.05, 4.69) is 16.3 Å². The van der Waals surface area contributed by atoms with E-state index in [1.807, 2.05) is 0 Å². The highest BCUT2D eigenvalue weighted by Crippen LogP contribution is 2.25. The zero-order valence-corrected chi connectivity index (χ0v) is 11.2. The number of sulfonamides is 1. The van der Waals surface area contributed by atoms with Gasteiger partial charge in [-0.3, -0.25) is 4.98 Å². The molecule has 0 aliphatic carbocycles. The molecule has 0 atom stereocenters. The van der Waals surface area contributed by atoms with Crippen LogP contribution in [0.25, 0.3) is 10.9 Å². The van der Waals surface area contributed by atoms with Crippen molar-refractivity contribution in [3.8, 4) is 0 Å². The number of benzene rings is 1. The molecule has 1 aromatic carbocycles. The fourth-order valence-corrected chi connectivity index (χ4v) is 2.97. The fraction of sp³-hybridized carbons (Fsp3) is 0.154. The molecule has 0 fully saturated rings. The third-order valence-corrected chi connectivity index (χ3v) is 4.19. The van der Waals surface area contributed by atoms with Crippen molar-refractivity contribution in [2.75, 3.05) is 12.3 Å². The summed E-state index contributed by atoms with van der Waals surface area (Å²) in [6, 6.07) is 6.52. The molecule has 0 saturated carbocycles. The summed E-state index contributed by atoms with van der Waals surface area (Å²) in [5, 5.41) is 0.633. The quantitative estimate of drug-likeness (QED) is 0.494. The minimum atomic E-state index is -3.59. The Labute approximate surface area is 112 Å². The standard InChI is InChI=1S/C13H15N3O2S/c1-2-3-9-16-19(17,18)12-7-6-11(14)10-5-4-8-15-13(10)12/h2,4-8,16H,1,3,9,14H2. The first-order valence-electron chi connectivity index (χ1n) is 5.80. The van der Waals surface area contributed by atoms with Crippen molar-refractivity contribution >= 4 is 26.6 Å². The van der Waals surface area contributed by atoms with E-state index in [1.54, 1.807) is 30.5 Å². The van der Waals surface area contributed by atoms with Gasteiger partial charge >= 0.3 is 0 Å². The van der Waals surface area contributed by atoms with E-state index < -0.39 is 10.0 Å². The van der Waals surface area contributed by atoms with Crippen LogP contribution in [0.3, 0.4) is 0 Å². The smallest absolute Gasteiger partial charge is 0.242 e. The van der Waals surface area contributed by atoms with E-state index in [9.17, 15) is 8.42 Å². The number of hydrogen-bond acceptors (Lipinski definition) is 4. The maximum Gasteiger partial charge on any atom is 0.242 e. The Morgan fingerprint density at radius 3 is 2.89 bits per heavy atom. The van der Waals surface area contributed by atoms with Gasteiger partial charge in [-0.25, -0.2) is 13.1 Å². The van der Waals surface area contributed by atoms with E-state index >= 15 is 0 Å². The van der Waals surface area contributed by atoms with Gasteiger partial charge in [-0.1, -0.05) is 6.08 Å². The summed E-state index contributed by atoms with van der Waals surface area (Å²) in [7, 11) is -3.59. The molecule has 6 heteroatoms. The molecule has 0 aliphatic heterocycles. The van der Waals surface area contributed by atoms with Crippen molar-refractivity contribution in [3.63, 3.8) is 0 Å². The molecule has 0 aliphatic rings. The average Bonchev–Trinajstić information content (AvgIpc) is 2.39. The Balaban J connectivity index is 2.51. The first kappa shape index (κ1) is 13.5. The van der Waals surface area contributed by atoms with E-state index in [-0.39, 0.29) is 4.90 Å². The molecule has 0 radical (unpaired) electrons. The number of rotatable bonds is 5. The highest BCUT2D eigenvalue weighted by atomic mass is 32.2. The van der Waals surface area contributed by atoms with Crippen LogP contribution in [0.5, 0.6) is 0 Å². The van der Waals surface area contributed by atoms with Crippen molar-refractivity contribution in [1.82, 2.24) is 9.71 Å². The molecular formula is C13H15N3O2S. The predicted molar refractivity (Wildman–Crippen MR) is 76.2 cm³/mol. The van der Waals surface area contributed by atoms with Crippen LogP contribution in [0.2, 0.25) is 0 Å². The van der Waals surface area contributed by atoms with Gasteiger partial charge in [-0.2, -0.15) is 0 Å². The Morgan fingerprint density at radius 2 is 2.16 bits per heavy atom. The summed E-state index contributed by atoms with van der Waals surface area (Å²) in [6.45, 7) is 3.86. The maximum absolute atomic E-state index is 12.2. The van der Waals surface area contributed by atoms with Gasteiger partial charge in [-0.15, -0.1) is 6.58 Å². The summed E-state index contributed by atoms with van der Waals surface area (Å²) >= 11 is 0. The van der Waals surface area contributed by atoms with E-state index in [1.165, 1.54) is 6.07 Å². The molecule has 0 spiro atoms. The zero-order chi connectivity index (χ0) is 13.9. The van der Waals surface area contributed by atoms with E-state index in [0.717, 1.165) is 0 Å². The molecular weight excluding hydrogens is 262 g/mol. The first-order chi connectivity index (χ1) is 9.06. The second kappa shape index (κ2) is 5.38. The number of nitrogens with one attached hydrogen (secondary N) is 1. The second-order valence-corrected chi connectivity index (χ2v) is 5.76. The van der Waals surface area contributed by atoms with Crippen LogP contribution in [-0.2, 0) is 10.0 Å². The lowest BCUT2D eigenvalue weighted by Crippen LogP contribution is -2.25. The summed E-state index contributed by atoms with van der Waals surface area (Å²) in [5.74, 6) is 0. The molecule has 0 saturated heterocycles. The van der Waals surface area contributed by atoms with Gasteiger partial charge < -0.3 is 5.73 Å². The molecule has 1 aromatic heterocycles. The lowest BCUT2D eigenvalue weighted by atomic mass is 10.2. The molecule has 2 aromatic rings. The molecule has 100 valence electrons. The highest BCUT2D eigenvalue weighted by Gasteiger charge is 2.18. The molecule has 0 amide bonds. The Morgan fingerprint density at radius 1 is 1.37 bits per heavy atom. The summed E-state index contributed by atoms with van der Waals surface area (Å²) in [5.41, 5.74) is 6.71. The molecule has 1 heterocycles. The normalized spacial score (nSPS) is 11.6. The van der Waals surface area contributed by atoms with Crippen molar-refractivity contribution in [1.29, 1.82) is 0 Å². The van der Waals surface area contributed by atoms with E-state index in [4.69, 9.17) is 5.73 Å². The van der Waals surface area contributed by atoms with Gasteiger partial charge in [0.1, 0.15) is 4.90 Å². The molecule has 5 nitrogen and oxygen atoms in total. The minimum absolute atomic E-state index is 0.140. The van der Waals surface area contributed by atoms with Gasteiger partial charge in [0.15, 0.2) is 0 Å². The van der Waals surface area contributed by atoms with Crippen molar-refractivity contribution < 1.29 is 8.42 Å². The molecule has 2 rings (SSSR count). The number of nitrogens with zero attached hydrogens (tertiary/aromatic N) is 1. The van der Waals surface area contributed by atoms with Crippen molar-refractivity contribution in [2.24, 2.45) is 0 Å². The minimum Gasteiger partial charge on any atom is -0.398 e. The van der Waals surface area contributed by atoms with Crippen LogP contribution < -0.4 is 10.5 Å². The number of hydrogen-bond donors (Lipinski definition) is 2. The van der Waals surface area contributed by atoms with E-state index in [0.29, 0.717) is 29.6 Å². The van der Waals surface area contributed by atoms with Crippen LogP contribution in [0, 0.1) is 0 Å². The third-order valence-electron chi connectivity index (χ3n) is 2.70. The molecule has 0 unspecified atom stereocenters. The van der Waals surface area contributed by atoms with Crippen molar-refractivity contribution in [3.05, 3.63) is 43.1 Å². The zero-order valence-electron chi connectivity index (χ0n) is 10.3. The lowest BCUT2D eigenvalue weighted by molar-refractivity contribution is 0.583. The predicted octanol–water partition coefficient (Wildman–Crippen LogP) is 1.67. The summed E-state index contributed by atoms with van der Waals surface area (Å²) in [4.78, 5) is 4.26. The molecule has 19 heavy (non-hydrogen) atoms. The summed E-state index contributed by atoms with van der Waals surface area (Å²) in [6.07, 6.45) is 3.77. The largest absolute Gasteiger partial charge is 0.398 e. The molecule has 3 N–H and O–H groups in total. The second-order valence-electron chi connectivity index (χ2n) is 4.03. The van der Waals surface area contributed by atoms with Gasteiger partial charge in [-0.05, 0) is 30.7 Å². The third kappa shape index (κ3) is 2.74. The van der Waals surface area contributed by atoms with Crippen LogP contribution in [-0.4, -0.2) is 19.9 Å². The van der Waals surface area contributed by atoms with Gasteiger partial charge in [0, 0.05) is 23.8 Å². The first-order valence-corrected chi connectivity index (χ1v) is 7.28. The van der Waals surface area contributed by atoms with Gasteiger partial charge in [0.05, 0.1) is 5.52 Å². The summed E-state index contributed by atoms with van der Waals surface area (Å²) < 4.78 is 26.9. The highest BCUT2D eigenvalue weighted by molar-refractivity contribution is 7.89. The van der Waals surface area contributed by atoms with Crippen LogP contribution >= 0.6 is 0 Å². The average molecular weight is 277 g/mol. The molecule has 0 bridgehead atoms. The van der Waals surface area contributed by atoms with Gasteiger partial charge in [0.25, 0.3) is 0 Å². The van der Waals surface area contributed by atoms with Crippen LogP contribution in [0.1, 0.15) is 6.42 Å². The Hall–Kier alpha value is -1.92. The Kier molecular flexibility index (Phi) is 3.82. The van der Waals surface area contributed by atoms with Crippen LogP contribution in [0.15, 0.2) is 48.0 Å². The van der Waals surface area contributed by atoms with Crippen molar-refractivity contribution in [2.45, 2.75) is 11.3 Å². The monoisotopic (exact) mass is 277 g/mol. The Bertz CT molecular complexity index is 711. The number of anilines is 1. The topological polar surface area (TPSA) is 85.1 Å². The maximum atomic E-state index is 12.2.